The second-order valence-electron chi connectivity index (χ2n) is 2.57. The number of thiophene rings is 1. The minimum Gasteiger partial charge on any atom is -0.490 e. The fraction of sp³-hybridized carbons (Fsp3) is 0.556. The molecule has 0 spiro atoms. The van der Waals surface area contributed by atoms with Crippen molar-refractivity contribution in [2.75, 3.05) is 18.9 Å². The molecule has 2 N–H and O–H groups in total. The third-order valence-corrected chi connectivity index (χ3v) is 2.65. The van der Waals surface area contributed by atoms with Gasteiger partial charge in [-0.2, -0.15) is 0 Å². The van der Waals surface area contributed by atoms with Gasteiger partial charge in [-0.15, -0.1) is 0 Å². The molecule has 0 fully saturated rings. The molecule has 0 saturated carbocycles. The van der Waals surface area contributed by atoms with Gasteiger partial charge in [-0.05, 0) is 20.8 Å². The third kappa shape index (κ3) is 2.06. The highest BCUT2D eigenvalue weighted by atomic mass is 32.1. The molecular weight excluding hydrogens is 186 g/mol. The Labute approximate surface area is 82.5 Å². The second kappa shape index (κ2) is 4.37. The summed E-state index contributed by atoms with van der Waals surface area (Å²) in [7, 11) is 0. The van der Waals surface area contributed by atoms with E-state index in [2.05, 4.69) is 0 Å². The Morgan fingerprint density at radius 1 is 1.23 bits per heavy atom. The van der Waals surface area contributed by atoms with E-state index >= 15 is 0 Å². The molecule has 0 aromatic carbocycles. The zero-order valence-corrected chi connectivity index (χ0v) is 9.03. The molecule has 0 atom stereocenters. The van der Waals surface area contributed by atoms with Crippen molar-refractivity contribution in [2.24, 2.45) is 0 Å². The van der Waals surface area contributed by atoms with Crippen molar-refractivity contribution >= 4 is 16.3 Å². The molecule has 0 aliphatic carbocycles. The molecule has 13 heavy (non-hydrogen) atoms. The van der Waals surface area contributed by atoms with Crippen LogP contribution in [0.2, 0.25) is 0 Å². The molecule has 0 amide bonds. The van der Waals surface area contributed by atoms with Crippen molar-refractivity contribution in [3.63, 3.8) is 0 Å². The maximum atomic E-state index is 5.77. The van der Waals surface area contributed by atoms with Crippen LogP contribution in [0.3, 0.4) is 0 Å². The number of rotatable bonds is 4. The smallest absolute Gasteiger partial charge is 0.182 e. The van der Waals surface area contributed by atoms with Crippen molar-refractivity contribution in [3.05, 3.63) is 5.56 Å². The van der Waals surface area contributed by atoms with Gasteiger partial charge in [-0.1, -0.05) is 11.3 Å². The van der Waals surface area contributed by atoms with E-state index in [0.29, 0.717) is 18.2 Å². The molecule has 1 aromatic heterocycles. The lowest BCUT2D eigenvalue weighted by atomic mass is 10.3. The Balaban J connectivity index is 2.92. The van der Waals surface area contributed by atoms with Crippen molar-refractivity contribution in [2.45, 2.75) is 20.8 Å². The molecule has 0 saturated heterocycles. The first kappa shape index (κ1) is 10.2. The van der Waals surface area contributed by atoms with Gasteiger partial charge in [0.1, 0.15) is 5.00 Å². The first-order valence-electron chi connectivity index (χ1n) is 4.35. The quantitative estimate of drug-likeness (QED) is 0.813. The molecule has 0 unspecified atom stereocenters. The van der Waals surface area contributed by atoms with Crippen LogP contribution in [0.15, 0.2) is 0 Å². The summed E-state index contributed by atoms with van der Waals surface area (Å²) in [5.74, 6) is 0.774. The summed E-state index contributed by atoms with van der Waals surface area (Å²) < 4.78 is 10.8. The largest absolute Gasteiger partial charge is 0.490 e. The van der Waals surface area contributed by atoms with E-state index < -0.39 is 0 Å². The topological polar surface area (TPSA) is 44.5 Å². The maximum absolute atomic E-state index is 5.77. The minimum atomic E-state index is 0.632. The predicted octanol–water partition coefficient (Wildman–Crippen LogP) is 2.44. The lowest BCUT2D eigenvalue weighted by Crippen LogP contribution is -1.95. The van der Waals surface area contributed by atoms with Crippen LogP contribution < -0.4 is 15.2 Å². The first-order valence-corrected chi connectivity index (χ1v) is 5.16. The summed E-state index contributed by atoms with van der Waals surface area (Å²) in [6, 6.07) is 0. The number of ether oxygens (including phenoxy) is 2. The van der Waals surface area contributed by atoms with Gasteiger partial charge in [-0.25, -0.2) is 0 Å². The molecule has 1 aromatic rings. The first-order chi connectivity index (χ1) is 6.20. The molecule has 0 aliphatic heterocycles. The number of anilines is 1. The fourth-order valence-electron chi connectivity index (χ4n) is 1.09. The van der Waals surface area contributed by atoms with E-state index in [4.69, 9.17) is 15.2 Å². The maximum Gasteiger partial charge on any atom is 0.182 e. The molecule has 74 valence electrons. The Kier molecular flexibility index (Phi) is 3.42. The van der Waals surface area contributed by atoms with Crippen LogP contribution in [0.5, 0.6) is 10.8 Å². The second-order valence-corrected chi connectivity index (χ2v) is 3.59. The molecule has 3 nitrogen and oxygen atoms in total. The zero-order chi connectivity index (χ0) is 9.84. The molecule has 0 radical (unpaired) electrons. The predicted molar refractivity (Wildman–Crippen MR) is 55.8 cm³/mol. The third-order valence-electron chi connectivity index (χ3n) is 1.64. The Hall–Kier alpha value is -0.900. The van der Waals surface area contributed by atoms with Crippen molar-refractivity contribution in [1.82, 2.24) is 0 Å². The Morgan fingerprint density at radius 3 is 2.38 bits per heavy atom. The van der Waals surface area contributed by atoms with E-state index in [1.807, 2.05) is 20.8 Å². The SMILES string of the molecule is CCOc1sc(N)c(OCC)c1C. The van der Waals surface area contributed by atoms with Crippen molar-refractivity contribution in [1.29, 1.82) is 0 Å². The van der Waals surface area contributed by atoms with Crippen LogP contribution in [0.1, 0.15) is 19.4 Å². The lowest BCUT2D eigenvalue weighted by molar-refractivity contribution is 0.329. The van der Waals surface area contributed by atoms with Gasteiger partial charge in [0.05, 0.1) is 13.2 Å². The highest BCUT2D eigenvalue weighted by Gasteiger charge is 2.14. The fourth-order valence-corrected chi connectivity index (χ4v) is 2.02. The van der Waals surface area contributed by atoms with Crippen molar-refractivity contribution < 1.29 is 9.47 Å². The normalized spacial score (nSPS) is 10.1. The highest BCUT2D eigenvalue weighted by molar-refractivity contribution is 7.18. The molecule has 1 rings (SSSR count). The summed E-state index contributed by atoms with van der Waals surface area (Å²) >= 11 is 1.44. The molecule has 1 heterocycles. The van der Waals surface area contributed by atoms with E-state index in [-0.39, 0.29) is 0 Å². The van der Waals surface area contributed by atoms with Crippen LogP contribution in [0, 0.1) is 6.92 Å². The number of nitrogen functional groups attached to an aromatic ring is 1. The molecule has 0 aliphatic rings. The number of hydrogen-bond donors (Lipinski definition) is 1. The van der Waals surface area contributed by atoms with E-state index in [9.17, 15) is 0 Å². The van der Waals surface area contributed by atoms with Gasteiger partial charge in [0, 0.05) is 5.56 Å². The Bertz CT molecular complexity index is 283. The van der Waals surface area contributed by atoms with Gasteiger partial charge in [0.2, 0.25) is 0 Å². The van der Waals surface area contributed by atoms with Crippen LogP contribution in [-0.2, 0) is 0 Å². The summed E-state index contributed by atoms with van der Waals surface area (Å²) in [4.78, 5) is 0. The van der Waals surface area contributed by atoms with Crippen LogP contribution >= 0.6 is 11.3 Å². The summed E-state index contributed by atoms with van der Waals surface area (Å²) in [5, 5.41) is 1.56. The minimum absolute atomic E-state index is 0.632. The standard InChI is InChI=1S/C9H15NO2S/c1-4-11-7-6(3)9(12-5-2)13-8(7)10/h4-5,10H2,1-3H3. The summed E-state index contributed by atoms with van der Waals surface area (Å²) in [6.07, 6.45) is 0. The van der Waals surface area contributed by atoms with E-state index in [1.54, 1.807) is 0 Å². The van der Waals surface area contributed by atoms with Crippen LogP contribution in [-0.4, -0.2) is 13.2 Å². The monoisotopic (exact) mass is 201 g/mol. The average molecular weight is 201 g/mol. The van der Waals surface area contributed by atoms with Crippen LogP contribution in [0.25, 0.3) is 0 Å². The van der Waals surface area contributed by atoms with E-state index in [1.165, 1.54) is 11.3 Å². The summed E-state index contributed by atoms with van der Waals surface area (Å²) in [5.41, 5.74) is 6.78. The highest BCUT2D eigenvalue weighted by Crippen LogP contribution is 2.42. The van der Waals surface area contributed by atoms with Crippen LogP contribution in [0.4, 0.5) is 5.00 Å². The average Bonchev–Trinajstić information content (AvgIpc) is 2.34. The van der Waals surface area contributed by atoms with Gasteiger partial charge in [0.15, 0.2) is 10.8 Å². The number of nitrogens with two attached hydrogens (primary N) is 1. The lowest BCUT2D eigenvalue weighted by Gasteiger charge is -2.03. The summed E-state index contributed by atoms with van der Waals surface area (Å²) in [6.45, 7) is 7.15. The van der Waals surface area contributed by atoms with Gasteiger partial charge in [0.25, 0.3) is 0 Å². The van der Waals surface area contributed by atoms with Gasteiger partial charge >= 0.3 is 0 Å². The molecular formula is C9H15NO2S. The molecule has 0 bridgehead atoms. The number of hydrogen-bond acceptors (Lipinski definition) is 4. The Morgan fingerprint density at radius 2 is 1.85 bits per heavy atom. The molecule has 4 heteroatoms. The van der Waals surface area contributed by atoms with Gasteiger partial charge < -0.3 is 15.2 Å². The van der Waals surface area contributed by atoms with E-state index in [0.717, 1.165) is 16.4 Å². The van der Waals surface area contributed by atoms with Gasteiger partial charge in [-0.3, -0.25) is 0 Å². The zero-order valence-electron chi connectivity index (χ0n) is 8.22. The van der Waals surface area contributed by atoms with Crippen molar-refractivity contribution in [3.8, 4) is 10.8 Å².